The van der Waals surface area contributed by atoms with Gasteiger partial charge in [0.1, 0.15) is 13.2 Å². The van der Waals surface area contributed by atoms with Crippen LogP contribution in [0.4, 0.5) is 0 Å². The number of pyridine rings is 1. The molecular weight excluding hydrogens is 364 g/mol. The molecule has 138 valence electrons. The normalized spacial score (nSPS) is 13.3. The summed E-state index contributed by atoms with van der Waals surface area (Å²) in [6.07, 6.45) is 3.26. The molecule has 6 nitrogen and oxygen atoms in total. The number of nitrogens with zero attached hydrogens (tertiary/aromatic N) is 1. The predicted octanol–water partition coefficient (Wildman–Crippen LogP) is 3.00. The van der Waals surface area contributed by atoms with Gasteiger partial charge in [-0.1, -0.05) is 18.2 Å². The van der Waals surface area contributed by atoms with Crippen molar-refractivity contribution >= 4 is 10.0 Å². The topological polar surface area (TPSA) is 77.5 Å². The predicted molar refractivity (Wildman–Crippen MR) is 101 cm³/mol. The highest BCUT2D eigenvalue weighted by molar-refractivity contribution is 7.89. The van der Waals surface area contributed by atoms with Gasteiger partial charge >= 0.3 is 0 Å². The van der Waals surface area contributed by atoms with Crippen molar-refractivity contribution in [2.75, 3.05) is 13.2 Å². The van der Waals surface area contributed by atoms with E-state index in [2.05, 4.69) is 9.71 Å². The van der Waals surface area contributed by atoms with Gasteiger partial charge in [-0.3, -0.25) is 4.98 Å². The molecule has 0 saturated heterocycles. The minimum absolute atomic E-state index is 0.217. The van der Waals surface area contributed by atoms with Crippen molar-refractivity contribution in [3.05, 3.63) is 72.6 Å². The molecule has 1 aliphatic rings. The number of hydrogen-bond donors (Lipinski definition) is 1. The van der Waals surface area contributed by atoms with Crippen molar-refractivity contribution in [1.82, 2.24) is 9.71 Å². The van der Waals surface area contributed by atoms with Crippen LogP contribution in [0.5, 0.6) is 11.5 Å². The first-order valence-electron chi connectivity index (χ1n) is 8.50. The number of sulfonamides is 1. The molecule has 0 unspecified atom stereocenters. The van der Waals surface area contributed by atoms with E-state index in [4.69, 9.17) is 9.47 Å². The van der Waals surface area contributed by atoms with E-state index in [0.29, 0.717) is 19.0 Å². The third-order valence-electron chi connectivity index (χ3n) is 4.26. The summed E-state index contributed by atoms with van der Waals surface area (Å²) in [5.74, 6) is 1.43. The van der Waals surface area contributed by atoms with E-state index in [1.54, 1.807) is 48.8 Å². The Balaban J connectivity index is 1.51. The number of ether oxygens (including phenoxy) is 2. The molecule has 0 aliphatic carbocycles. The summed E-state index contributed by atoms with van der Waals surface area (Å²) >= 11 is 0. The van der Waals surface area contributed by atoms with Crippen LogP contribution in [-0.2, 0) is 16.6 Å². The standard InChI is InChI=1S/C20H18N2O4S/c23-27(24,22-14-15-7-9-21-10-8-15)18-4-1-16(2-5-18)17-3-6-19-20(13-17)26-12-11-25-19/h1-10,13,22H,11-12,14H2. The average Bonchev–Trinajstić information content (AvgIpc) is 2.73. The quantitative estimate of drug-likeness (QED) is 0.734. The fraction of sp³-hybridized carbons (Fsp3) is 0.150. The largest absolute Gasteiger partial charge is 0.486 e. The third-order valence-corrected chi connectivity index (χ3v) is 5.67. The molecule has 27 heavy (non-hydrogen) atoms. The molecule has 0 bridgehead atoms. The lowest BCUT2D eigenvalue weighted by molar-refractivity contribution is 0.171. The van der Waals surface area contributed by atoms with E-state index in [1.165, 1.54) is 0 Å². The molecule has 0 fully saturated rings. The molecule has 0 atom stereocenters. The van der Waals surface area contributed by atoms with Gasteiger partial charge in [0, 0.05) is 18.9 Å². The van der Waals surface area contributed by atoms with Gasteiger partial charge in [0.25, 0.3) is 0 Å². The van der Waals surface area contributed by atoms with Crippen LogP contribution >= 0.6 is 0 Å². The fourth-order valence-corrected chi connectivity index (χ4v) is 3.83. The van der Waals surface area contributed by atoms with Crippen molar-refractivity contribution in [2.45, 2.75) is 11.4 Å². The third kappa shape index (κ3) is 3.94. The van der Waals surface area contributed by atoms with Gasteiger partial charge in [0.05, 0.1) is 4.90 Å². The van der Waals surface area contributed by atoms with Crippen molar-refractivity contribution in [1.29, 1.82) is 0 Å². The average molecular weight is 382 g/mol. The summed E-state index contributed by atoms with van der Waals surface area (Å²) in [6, 6.07) is 16.0. The van der Waals surface area contributed by atoms with E-state index in [9.17, 15) is 8.42 Å². The van der Waals surface area contributed by atoms with Gasteiger partial charge in [-0.25, -0.2) is 13.1 Å². The van der Waals surface area contributed by atoms with E-state index < -0.39 is 10.0 Å². The molecule has 1 aliphatic heterocycles. The molecule has 2 aromatic carbocycles. The van der Waals surface area contributed by atoms with E-state index in [0.717, 1.165) is 22.4 Å². The van der Waals surface area contributed by atoms with Gasteiger partial charge in [-0.15, -0.1) is 0 Å². The Kier molecular flexibility index (Phi) is 4.79. The molecule has 0 spiro atoms. The molecule has 7 heteroatoms. The highest BCUT2D eigenvalue weighted by atomic mass is 32.2. The Labute approximate surface area is 157 Å². The van der Waals surface area contributed by atoms with Gasteiger partial charge < -0.3 is 9.47 Å². The molecule has 0 radical (unpaired) electrons. The summed E-state index contributed by atoms with van der Waals surface area (Å²) in [5.41, 5.74) is 2.69. The first-order valence-corrected chi connectivity index (χ1v) is 9.99. The van der Waals surface area contributed by atoms with Crippen LogP contribution in [0.15, 0.2) is 71.9 Å². The zero-order chi connectivity index (χ0) is 18.7. The van der Waals surface area contributed by atoms with Crippen molar-refractivity contribution in [3.8, 4) is 22.6 Å². The number of fused-ring (bicyclic) bond motifs is 1. The first kappa shape index (κ1) is 17.5. The number of aromatic nitrogens is 1. The second kappa shape index (κ2) is 7.38. The zero-order valence-corrected chi connectivity index (χ0v) is 15.3. The van der Waals surface area contributed by atoms with E-state index >= 15 is 0 Å². The van der Waals surface area contributed by atoms with Gasteiger partial charge in [-0.2, -0.15) is 0 Å². The number of hydrogen-bond acceptors (Lipinski definition) is 5. The molecule has 1 aromatic heterocycles. The van der Waals surface area contributed by atoms with E-state index in [1.807, 2.05) is 18.2 Å². The van der Waals surface area contributed by atoms with Crippen LogP contribution in [0.2, 0.25) is 0 Å². The summed E-state index contributed by atoms with van der Waals surface area (Å²) in [6.45, 7) is 1.29. The zero-order valence-electron chi connectivity index (χ0n) is 14.5. The number of nitrogens with one attached hydrogen (secondary N) is 1. The lowest BCUT2D eigenvalue weighted by atomic mass is 10.1. The minimum atomic E-state index is -3.59. The van der Waals surface area contributed by atoms with Crippen molar-refractivity contribution in [3.63, 3.8) is 0 Å². The second-order valence-corrected chi connectivity index (χ2v) is 7.83. The summed E-state index contributed by atoms with van der Waals surface area (Å²) < 4.78 is 38.7. The van der Waals surface area contributed by atoms with Crippen molar-refractivity contribution in [2.24, 2.45) is 0 Å². The van der Waals surface area contributed by atoms with Gasteiger partial charge in [-0.05, 0) is 53.1 Å². The van der Waals surface area contributed by atoms with Crippen LogP contribution in [0.3, 0.4) is 0 Å². The molecule has 2 heterocycles. The van der Waals surface area contributed by atoms with Crippen LogP contribution in [0.1, 0.15) is 5.56 Å². The summed E-state index contributed by atoms with van der Waals surface area (Å²) in [7, 11) is -3.59. The Morgan fingerprint density at radius 3 is 2.26 bits per heavy atom. The highest BCUT2D eigenvalue weighted by Gasteiger charge is 2.15. The van der Waals surface area contributed by atoms with Crippen LogP contribution in [0, 0.1) is 0 Å². The number of benzene rings is 2. The minimum Gasteiger partial charge on any atom is -0.486 e. The smallest absolute Gasteiger partial charge is 0.240 e. The maximum Gasteiger partial charge on any atom is 0.240 e. The maximum absolute atomic E-state index is 12.5. The number of rotatable bonds is 5. The Bertz CT molecular complexity index is 1040. The van der Waals surface area contributed by atoms with Crippen LogP contribution in [0.25, 0.3) is 11.1 Å². The molecule has 0 saturated carbocycles. The molecule has 1 N–H and O–H groups in total. The molecular formula is C20H18N2O4S. The van der Waals surface area contributed by atoms with Gasteiger partial charge in [0.2, 0.25) is 10.0 Å². The SMILES string of the molecule is O=S(=O)(NCc1ccncc1)c1ccc(-c2ccc3c(c2)OCCO3)cc1. The lowest BCUT2D eigenvalue weighted by Crippen LogP contribution is -2.23. The molecule has 4 rings (SSSR count). The summed E-state index contributed by atoms with van der Waals surface area (Å²) in [5, 5.41) is 0. The Hall–Kier alpha value is -2.90. The lowest BCUT2D eigenvalue weighted by Gasteiger charge is -2.19. The van der Waals surface area contributed by atoms with Gasteiger partial charge in [0.15, 0.2) is 11.5 Å². The second-order valence-electron chi connectivity index (χ2n) is 6.06. The summed E-state index contributed by atoms with van der Waals surface area (Å²) in [4.78, 5) is 4.14. The molecule has 3 aromatic rings. The first-order chi connectivity index (χ1) is 13.1. The highest BCUT2D eigenvalue weighted by Crippen LogP contribution is 2.34. The fourth-order valence-electron chi connectivity index (χ4n) is 2.81. The van der Waals surface area contributed by atoms with Crippen LogP contribution in [-0.4, -0.2) is 26.6 Å². The Morgan fingerprint density at radius 1 is 0.852 bits per heavy atom. The Morgan fingerprint density at radius 2 is 1.52 bits per heavy atom. The monoisotopic (exact) mass is 382 g/mol. The molecule has 0 amide bonds. The van der Waals surface area contributed by atoms with E-state index in [-0.39, 0.29) is 11.4 Å². The van der Waals surface area contributed by atoms with Crippen molar-refractivity contribution < 1.29 is 17.9 Å². The van der Waals surface area contributed by atoms with Crippen LogP contribution < -0.4 is 14.2 Å². The maximum atomic E-state index is 12.5.